The summed E-state index contributed by atoms with van der Waals surface area (Å²) in [6.07, 6.45) is 0. The van der Waals surface area contributed by atoms with Crippen LogP contribution in [-0.2, 0) is 56.5 Å². The summed E-state index contributed by atoms with van der Waals surface area (Å²) in [6.45, 7) is 19.0. The molecule has 0 radical (unpaired) electrons. The summed E-state index contributed by atoms with van der Waals surface area (Å²) < 4.78 is 71.6. The zero-order chi connectivity index (χ0) is 34.6. The average Bonchev–Trinajstić information content (AvgIpc) is 3.06. The van der Waals surface area contributed by atoms with Crippen molar-refractivity contribution in [3.63, 3.8) is 0 Å². The number of nitrogens with two attached hydrogens (primary N) is 1. The smallest absolute Gasteiger partial charge is 0.183 e. The molecule has 282 valence electrons. The predicted molar refractivity (Wildman–Crippen MR) is 185 cm³/mol. The molecule has 0 heterocycles. The maximum Gasteiger partial charge on any atom is 0.183 e. The van der Waals surface area contributed by atoms with Crippen molar-refractivity contribution >= 4 is 14.0 Å². The zero-order valence-electron chi connectivity index (χ0n) is 29.7. The molecule has 1 aromatic rings. The largest absolute Gasteiger partial charge is 0.491 e. The van der Waals surface area contributed by atoms with Crippen LogP contribution in [0.4, 0.5) is 5.69 Å². The Morgan fingerprint density at radius 3 is 0.833 bits per heavy atom. The van der Waals surface area contributed by atoms with Crippen LogP contribution in [0.15, 0.2) is 24.3 Å². The van der Waals surface area contributed by atoms with E-state index in [2.05, 4.69) is 19.6 Å². The number of hydrogen-bond donors (Lipinski definition) is 1. The van der Waals surface area contributed by atoms with Gasteiger partial charge in [0.15, 0.2) is 8.32 Å². The Morgan fingerprint density at radius 2 is 0.583 bits per heavy atom. The van der Waals surface area contributed by atoms with Gasteiger partial charge in [0.05, 0.1) is 152 Å². The minimum absolute atomic E-state index is 0.475. The summed E-state index contributed by atoms with van der Waals surface area (Å²) in [5, 5.41) is 0. The number of rotatable bonds is 38. The SMILES string of the molecule is C[Si](C)(C)OCCOCCOCCOCCOCCOCCOCCOCCOCCOCCOCCOCCOc1ccc(N)cc1. The molecule has 2 N–H and O–H groups in total. The van der Waals surface area contributed by atoms with E-state index in [1.54, 1.807) is 12.1 Å². The predicted octanol–water partition coefficient (Wildman–Crippen LogP) is 2.68. The molecule has 48 heavy (non-hydrogen) atoms. The minimum atomic E-state index is -1.45. The third kappa shape index (κ3) is 34.4. The van der Waals surface area contributed by atoms with E-state index in [1.165, 1.54) is 0 Å². The average molecular weight is 710 g/mol. The summed E-state index contributed by atoms with van der Waals surface area (Å²) in [5.74, 6) is 0.772. The van der Waals surface area contributed by atoms with Crippen LogP contribution < -0.4 is 10.5 Å². The second kappa shape index (κ2) is 34.0. The fourth-order valence-corrected chi connectivity index (χ4v) is 4.19. The first-order valence-corrected chi connectivity index (χ1v) is 20.4. The lowest BCUT2D eigenvalue weighted by molar-refractivity contribution is -0.0279. The van der Waals surface area contributed by atoms with Crippen molar-refractivity contribution in [1.29, 1.82) is 0 Å². The maximum atomic E-state index is 5.72. The van der Waals surface area contributed by atoms with Crippen LogP contribution in [0, 0.1) is 0 Å². The van der Waals surface area contributed by atoms with Crippen LogP contribution >= 0.6 is 0 Å². The van der Waals surface area contributed by atoms with Crippen LogP contribution in [0.5, 0.6) is 5.75 Å². The third-order valence-electron chi connectivity index (χ3n) is 5.86. The van der Waals surface area contributed by atoms with Crippen molar-refractivity contribution in [3.8, 4) is 5.75 Å². The highest BCUT2D eigenvalue weighted by Crippen LogP contribution is 2.12. The Labute approximate surface area is 289 Å². The zero-order valence-corrected chi connectivity index (χ0v) is 30.7. The van der Waals surface area contributed by atoms with Crippen LogP contribution in [0.2, 0.25) is 19.6 Å². The molecule has 0 aliphatic carbocycles. The molecule has 0 unspecified atom stereocenters. The van der Waals surface area contributed by atoms with E-state index < -0.39 is 8.32 Å². The van der Waals surface area contributed by atoms with Crippen molar-refractivity contribution in [1.82, 2.24) is 0 Å². The van der Waals surface area contributed by atoms with Gasteiger partial charge in [0.1, 0.15) is 12.4 Å². The van der Waals surface area contributed by atoms with Crippen molar-refractivity contribution in [2.45, 2.75) is 19.6 Å². The van der Waals surface area contributed by atoms with Gasteiger partial charge in [0, 0.05) is 5.69 Å². The van der Waals surface area contributed by atoms with E-state index in [9.17, 15) is 0 Å². The van der Waals surface area contributed by atoms with E-state index in [-0.39, 0.29) is 0 Å². The Hall–Kier alpha value is -1.44. The quantitative estimate of drug-likeness (QED) is 0.0610. The lowest BCUT2D eigenvalue weighted by atomic mass is 10.3. The van der Waals surface area contributed by atoms with Gasteiger partial charge in [-0.1, -0.05) is 0 Å². The summed E-state index contributed by atoms with van der Waals surface area (Å²) in [5.41, 5.74) is 6.35. The van der Waals surface area contributed by atoms with Gasteiger partial charge in [0.2, 0.25) is 0 Å². The van der Waals surface area contributed by atoms with E-state index in [4.69, 9.17) is 67.0 Å². The van der Waals surface area contributed by atoms with Crippen LogP contribution in [0.3, 0.4) is 0 Å². The monoisotopic (exact) mass is 709 g/mol. The second-order valence-corrected chi connectivity index (χ2v) is 15.6. The first-order valence-electron chi connectivity index (χ1n) is 16.9. The molecule has 14 nitrogen and oxygen atoms in total. The molecule has 0 aromatic heterocycles. The molecular weight excluding hydrogens is 646 g/mol. The van der Waals surface area contributed by atoms with Crippen LogP contribution in [-0.4, -0.2) is 167 Å². The minimum Gasteiger partial charge on any atom is -0.491 e. The highest BCUT2D eigenvalue weighted by atomic mass is 28.4. The van der Waals surface area contributed by atoms with Gasteiger partial charge in [-0.3, -0.25) is 0 Å². The molecule has 0 bridgehead atoms. The standard InChI is InChI=1S/C33H63NO13Si/c1-48(2,3)47-31-29-45-27-25-43-23-21-41-19-17-39-15-13-37-11-9-35-8-10-36-12-14-38-16-18-40-20-22-42-24-26-44-28-30-46-33-6-4-32(34)5-7-33/h4-7H,8-31,34H2,1-3H3. The number of nitrogen functional groups attached to an aromatic ring is 1. The van der Waals surface area contributed by atoms with Crippen molar-refractivity contribution < 1.29 is 61.3 Å². The molecule has 0 fully saturated rings. The van der Waals surface area contributed by atoms with E-state index in [0.29, 0.717) is 164 Å². The Balaban J connectivity index is 1.62. The number of ether oxygens (including phenoxy) is 12. The van der Waals surface area contributed by atoms with Crippen molar-refractivity contribution in [3.05, 3.63) is 24.3 Å². The van der Waals surface area contributed by atoms with E-state index in [1.807, 2.05) is 12.1 Å². The Morgan fingerprint density at radius 1 is 0.354 bits per heavy atom. The van der Waals surface area contributed by atoms with E-state index in [0.717, 1.165) is 5.75 Å². The number of anilines is 1. The van der Waals surface area contributed by atoms with Crippen LogP contribution in [0.1, 0.15) is 0 Å². The van der Waals surface area contributed by atoms with Crippen LogP contribution in [0.25, 0.3) is 0 Å². The molecule has 0 aliphatic rings. The van der Waals surface area contributed by atoms with Gasteiger partial charge in [-0.05, 0) is 43.9 Å². The first-order chi connectivity index (χ1) is 23.5. The molecule has 1 aromatic carbocycles. The summed E-state index contributed by atoms with van der Waals surface area (Å²) in [4.78, 5) is 0. The molecule has 0 amide bonds. The third-order valence-corrected chi connectivity index (χ3v) is 6.93. The number of hydrogen-bond acceptors (Lipinski definition) is 14. The normalized spacial score (nSPS) is 11.8. The van der Waals surface area contributed by atoms with Gasteiger partial charge >= 0.3 is 0 Å². The molecule has 1 rings (SSSR count). The van der Waals surface area contributed by atoms with Gasteiger partial charge < -0.3 is 67.0 Å². The first kappa shape index (κ1) is 44.6. The second-order valence-electron chi connectivity index (χ2n) is 11.1. The fraction of sp³-hybridized carbons (Fsp3) is 0.818. The molecule has 0 atom stereocenters. The van der Waals surface area contributed by atoms with Gasteiger partial charge in [-0.15, -0.1) is 0 Å². The highest BCUT2D eigenvalue weighted by Gasteiger charge is 2.13. The molecule has 0 aliphatic heterocycles. The molecule has 0 spiro atoms. The molecule has 15 heteroatoms. The van der Waals surface area contributed by atoms with Gasteiger partial charge in [-0.2, -0.15) is 0 Å². The Bertz CT molecular complexity index is 790. The van der Waals surface area contributed by atoms with E-state index >= 15 is 0 Å². The van der Waals surface area contributed by atoms with Gasteiger partial charge in [0.25, 0.3) is 0 Å². The van der Waals surface area contributed by atoms with Gasteiger partial charge in [-0.25, -0.2) is 0 Å². The summed E-state index contributed by atoms with van der Waals surface area (Å²) in [7, 11) is -1.45. The molecular formula is C33H63NO13Si. The maximum absolute atomic E-state index is 5.72. The summed E-state index contributed by atoms with van der Waals surface area (Å²) in [6, 6.07) is 7.27. The lowest BCUT2D eigenvalue weighted by Crippen LogP contribution is -2.27. The lowest BCUT2D eigenvalue weighted by Gasteiger charge is -2.16. The van der Waals surface area contributed by atoms with Crippen molar-refractivity contribution in [2.75, 3.05) is 164 Å². The fourth-order valence-electron chi connectivity index (χ4n) is 3.49. The molecule has 0 saturated carbocycles. The topological polar surface area (TPSA) is 146 Å². The molecule has 0 saturated heterocycles. The number of benzene rings is 1. The summed E-state index contributed by atoms with van der Waals surface area (Å²) >= 11 is 0. The highest BCUT2D eigenvalue weighted by molar-refractivity contribution is 6.69. The van der Waals surface area contributed by atoms with Crippen molar-refractivity contribution in [2.24, 2.45) is 0 Å². The Kier molecular flexibility index (Phi) is 31.6.